The largest absolute Gasteiger partial charge is 0.459 e. The number of anilines is 1. The topological polar surface area (TPSA) is 81.7 Å². The number of furan rings is 2. The number of amides is 1. The van der Waals surface area contributed by atoms with Crippen LogP contribution in [0.5, 0.6) is 0 Å². The van der Waals surface area contributed by atoms with Crippen molar-refractivity contribution in [3.63, 3.8) is 0 Å². The zero-order valence-corrected chi connectivity index (χ0v) is 13.5. The maximum atomic E-state index is 13.6. The van der Waals surface area contributed by atoms with Crippen molar-refractivity contribution in [2.75, 3.05) is 5.32 Å². The zero-order chi connectivity index (χ0) is 19.4. The van der Waals surface area contributed by atoms with E-state index in [0.29, 0.717) is 0 Å². The minimum atomic E-state index is -4.92. The summed E-state index contributed by atoms with van der Waals surface area (Å²) in [5, 5.41) is 2.33. The number of carbonyl (C=O) groups is 2. The van der Waals surface area contributed by atoms with Gasteiger partial charge in [0.2, 0.25) is 11.9 Å². The SMILES string of the molecule is O=C(Nc1ccccc1C(OC(=O)c1ccco1)C(F)(F)F)c1ccco1. The van der Waals surface area contributed by atoms with Crippen molar-refractivity contribution in [1.82, 2.24) is 0 Å². The summed E-state index contributed by atoms with van der Waals surface area (Å²) >= 11 is 0. The number of nitrogens with one attached hydrogen (secondary N) is 1. The summed E-state index contributed by atoms with van der Waals surface area (Å²) in [4.78, 5) is 24.0. The van der Waals surface area contributed by atoms with Gasteiger partial charge in [-0.3, -0.25) is 4.79 Å². The number of para-hydroxylation sites is 1. The third kappa shape index (κ3) is 4.20. The lowest BCUT2D eigenvalue weighted by Gasteiger charge is -2.23. The molecule has 27 heavy (non-hydrogen) atoms. The second kappa shape index (κ2) is 7.40. The second-order valence-electron chi connectivity index (χ2n) is 5.32. The van der Waals surface area contributed by atoms with Crippen LogP contribution in [0.3, 0.4) is 0 Å². The van der Waals surface area contributed by atoms with Crippen LogP contribution in [0.1, 0.15) is 32.8 Å². The van der Waals surface area contributed by atoms with Crippen molar-refractivity contribution < 1.29 is 36.3 Å². The highest BCUT2D eigenvalue weighted by Crippen LogP contribution is 2.39. The normalized spacial score (nSPS) is 12.4. The fourth-order valence-electron chi connectivity index (χ4n) is 2.30. The fraction of sp³-hybridized carbons (Fsp3) is 0.111. The molecule has 1 aromatic carbocycles. The van der Waals surface area contributed by atoms with E-state index in [1.807, 2.05) is 0 Å². The number of hydrogen-bond donors (Lipinski definition) is 1. The van der Waals surface area contributed by atoms with Gasteiger partial charge in [0.05, 0.1) is 12.5 Å². The first-order chi connectivity index (χ1) is 12.9. The van der Waals surface area contributed by atoms with E-state index >= 15 is 0 Å². The summed E-state index contributed by atoms with van der Waals surface area (Å²) in [5.41, 5.74) is -0.613. The molecule has 0 radical (unpaired) electrons. The Kier molecular flexibility index (Phi) is 5.02. The highest BCUT2D eigenvalue weighted by molar-refractivity contribution is 6.02. The van der Waals surface area contributed by atoms with Gasteiger partial charge in [0.15, 0.2) is 5.76 Å². The summed E-state index contributed by atoms with van der Waals surface area (Å²) in [5.74, 6) is -2.48. The van der Waals surface area contributed by atoms with Gasteiger partial charge in [-0.25, -0.2) is 4.79 Å². The van der Waals surface area contributed by atoms with Crippen molar-refractivity contribution >= 4 is 17.6 Å². The molecule has 0 aliphatic carbocycles. The van der Waals surface area contributed by atoms with Crippen LogP contribution in [0, 0.1) is 0 Å². The van der Waals surface area contributed by atoms with E-state index in [1.165, 1.54) is 48.7 Å². The highest BCUT2D eigenvalue weighted by atomic mass is 19.4. The highest BCUT2D eigenvalue weighted by Gasteiger charge is 2.45. The molecular weight excluding hydrogens is 367 g/mol. The van der Waals surface area contributed by atoms with Gasteiger partial charge in [0, 0.05) is 11.3 Å². The van der Waals surface area contributed by atoms with Crippen molar-refractivity contribution in [1.29, 1.82) is 0 Å². The minimum absolute atomic E-state index is 0.0825. The smallest absolute Gasteiger partial charge is 0.429 e. The van der Waals surface area contributed by atoms with Crippen LogP contribution in [0.15, 0.2) is 69.9 Å². The first-order valence-electron chi connectivity index (χ1n) is 7.61. The van der Waals surface area contributed by atoms with E-state index in [0.717, 1.165) is 12.3 Å². The van der Waals surface area contributed by atoms with Crippen LogP contribution < -0.4 is 5.32 Å². The molecule has 0 aliphatic heterocycles. The Morgan fingerprint density at radius 3 is 2.15 bits per heavy atom. The molecule has 3 rings (SSSR count). The van der Waals surface area contributed by atoms with Gasteiger partial charge >= 0.3 is 12.1 Å². The summed E-state index contributed by atoms with van der Waals surface area (Å²) in [6.07, 6.45) is -5.14. The molecule has 0 bridgehead atoms. The summed E-state index contributed by atoms with van der Waals surface area (Å²) < 4.78 is 55.0. The number of carbonyl (C=O) groups excluding carboxylic acids is 2. The molecule has 140 valence electrons. The molecule has 2 heterocycles. The van der Waals surface area contributed by atoms with Crippen LogP contribution >= 0.6 is 0 Å². The first kappa shape index (κ1) is 18.3. The lowest BCUT2D eigenvalue weighted by atomic mass is 10.1. The first-order valence-corrected chi connectivity index (χ1v) is 7.61. The Balaban J connectivity index is 1.91. The molecule has 2 aromatic heterocycles. The predicted molar refractivity (Wildman–Crippen MR) is 86.0 cm³/mol. The maximum Gasteiger partial charge on any atom is 0.429 e. The molecule has 1 unspecified atom stereocenters. The molecule has 0 spiro atoms. The Morgan fingerprint density at radius 2 is 1.56 bits per heavy atom. The van der Waals surface area contributed by atoms with E-state index < -0.39 is 29.7 Å². The predicted octanol–water partition coefficient (Wildman–Crippen LogP) is 4.59. The summed E-state index contributed by atoms with van der Waals surface area (Å²) in [6, 6.07) is 10.5. The Bertz CT molecular complexity index is 917. The number of benzene rings is 1. The van der Waals surface area contributed by atoms with E-state index in [-0.39, 0.29) is 17.2 Å². The minimum Gasteiger partial charge on any atom is -0.459 e. The zero-order valence-electron chi connectivity index (χ0n) is 13.5. The number of halogens is 3. The van der Waals surface area contributed by atoms with Crippen LogP contribution in [-0.4, -0.2) is 18.1 Å². The fourth-order valence-corrected chi connectivity index (χ4v) is 2.30. The second-order valence-corrected chi connectivity index (χ2v) is 5.32. The van der Waals surface area contributed by atoms with Gasteiger partial charge in [-0.15, -0.1) is 0 Å². The van der Waals surface area contributed by atoms with Crippen LogP contribution in [0.4, 0.5) is 18.9 Å². The average molecular weight is 379 g/mol. The lowest BCUT2D eigenvalue weighted by Crippen LogP contribution is -2.27. The van der Waals surface area contributed by atoms with Gasteiger partial charge in [-0.1, -0.05) is 18.2 Å². The van der Waals surface area contributed by atoms with Crippen LogP contribution in [-0.2, 0) is 4.74 Å². The molecule has 0 fully saturated rings. The molecule has 0 saturated carbocycles. The molecule has 3 aromatic rings. The molecular formula is C18H12F3NO5. The Morgan fingerprint density at radius 1 is 0.926 bits per heavy atom. The lowest BCUT2D eigenvalue weighted by molar-refractivity contribution is -0.207. The maximum absolute atomic E-state index is 13.6. The van der Waals surface area contributed by atoms with Crippen molar-refractivity contribution in [2.24, 2.45) is 0 Å². The number of hydrogen-bond acceptors (Lipinski definition) is 5. The number of alkyl halides is 3. The van der Waals surface area contributed by atoms with E-state index in [2.05, 4.69) is 10.1 Å². The standard InChI is InChI=1S/C18H12F3NO5/c19-18(20,21)15(27-17(24)14-8-4-10-26-14)11-5-1-2-6-12(11)22-16(23)13-7-3-9-25-13/h1-10,15H,(H,22,23). The number of ether oxygens (including phenoxy) is 1. The molecule has 1 amide bonds. The van der Waals surface area contributed by atoms with E-state index in [1.54, 1.807) is 0 Å². The third-order valence-electron chi connectivity index (χ3n) is 3.48. The quantitative estimate of drug-likeness (QED) is 0.656. The average Bonchev–Trinajstić information content (AvgIpc) is 3.32. The van der Waals surface area contributed by atoms with Gasteiger partial charge in [0.25, 0.3) is 5.91 Å². The Hall–Kier alpha value is -3.49. The molecule has 1 atom stereocenters. The van der Waals surface area contributed by atoms with Crippen LogP contribution in [0.2, 0.25) is 0 Å². The molecule has 9 heteroatoms. The van der Waals surface area contributed by atoms with Gasteiger partial charge in [-0.05, 0) is 30.3 Å². The van der Waals surface area contributed by atoms with Gasteiger partial charge in [-0.2, -0.15) is 13.2 Å². The van der Waals surface area contributed by atoms with E-state index in [4.69, 9.17) is 8.83 Å². The molecule has 0 aliphatic rings. The number of esters is 1. The summed E-state index contributed by atoms with van der Waals surface area (Å²) in [6.45, 7) is 0. The molecule has 6 nitrogen and oxygen atoms in total. The number of rotatable bonds is 5. The van der Waals surface area contributed by atoms with Gasteiger partial charge in [0.1, 0.15) is 0 Å². The molecule has 0 saturated heterocycles. The monoisotopic (exact) mass is 379 g/mol. The summed E-state index contributed by atoms with van der Waals surface area (Å²) in [7, 11) is 0. The van der Waals surface area contributed by atoms with Crippen molar-refractivity contribution in [3.05, 3.63) is 78.1 Å². The van der Waals surface area contributed by atoms with Crippen LogP contribution in [0.25, 0.3) is 0 Å². The van der Waals surface area contributed by atoms with Gasteiger partial charge < -0.3 is 18.9 Å². The third-order valence-corrected chi connectivity index (χ3v) is 3.48. The Labute approximate surface area is 150 Å². The van der Waals surface area contributed by atoms with Crippen molar-refractivity contribution in [2.45, 2.75) is 12.3 Å². The van der Waals surface area contributed by atoms with E-state index in [9.17, 15) is 22.8 Å². The molecule has 1 N–H and O–H groups in total. The van der Waals surface area contributed by atoms with Crippen molar-refractivity contribution in [3.8, 4) is 0 Å².